The lowest BCUT2D eigenvalue weighted by atomic mass is 10.2. The standard InChI is InChI=1S/C6H13NO2/c1-7-4-2-3-5(8)6(4)9/h4-9H,2-3H2,1H3/t4-,5+,6+/m0/s1. The molecule has 1 fully saturated rings. The summed E-state index contributed by atoms with van der Waals surface area (Å²) >= 11 is 0. The minimum Gasteiger partial charge on any atom is -0.390 e. The van der Waals surface area contributed by atoms with E-state index < -0.39 is 12.2 Å². The normalized spacial score (nSPS) is 43.7. The van der Waals surface area contributed by atoms with Crippen LogP contribution >= 0.6 is 0 Å². The predicted molar refractivity (Wildman–Crippen MR) is 34.1 cm³/mol. The Morgan fingerprint density at radius 3 is 2.22 bits per heavy atom. The summed E-state index contributed by atoms with van der Waals surface area (Å²) in [6.45, 7) is 0. The van der Waals surface area contributed by atoms with Gasteiger partial charge in [0.15, 0.2) is 0 Å². The van der Waals surface area contributed by atoms with Crippen LogP contribution in [-0.2, 0) is 0 Å². The van der Waals surface area contributed by atoms with Crippen LogP contribution < -0.4 is 5.32 Å². The lowest BCUT2D eigenvalue weighted by Crippen LogP contribution is -2.37. The molecule has 1 aliphatic rings. The van der Waals surface area contributed by atoms with Gasteiger partial charge in [0.1, 0.15) is 0 Å². The first-order valence-electron chi connectivity index (χ1n) is 3.29. The molecule has 0 heterocycles. The smallest absolute Gasteiger partial charge is 0.0951 e. The van der Waals surface area contributed by atoms with Crippen molar-refractivity contribution in [2.24, 2.45) is 0 Å². The Morgan fingerprint density at radius 2 is 2.00 bits per heavy atom. The fourth-order valence-corrected chi connectivity index (χ4v) is 1.28. The van der Waals surface area contributed by atoms with E-state index in [9.17, 15) is 0 Å². The summed E-state index contributed by atoms with van der Waals surface area (Å²) in [5.74, 6) is 0. The second-order valence-electron chi connectivity index (χ2n) is 2.53. The first-order chi connectivity index (χ1) is 4.25. The highest BCUT2D eigenvalue weighted by Gasteiger charge is 2.31. The Morgan fingerprint density at radius 1 is 1.33 bits per heavy atom. The molecule has 1 saturated carbocycles. The van der Waals surface area contributed by atoms with E-state index in [0.29, 0.717) is 6.42 Å². The number of likely N-dealkylation sites (N-methyl/N-ethyl adjacent to an activating group) is 1. The summed E-state index contributed by atoms with van der Waals surface area (Å²) in [6.07, 6.45) is 0.517. The number of hydrogen-bond acceptors (Lipinski definition) is 3. The fraction of sp³-hybridized carbons (Fsp3) is 1.00. The Labute approximate surface area is 54.7 Å². The lowest BCUT2D eigenvalue weighted by Gasteiger charge is -2.14. The molecule has 0 aromatic carbocycles. The number of hydrogen-bond donors (Lipinski definition) is 3. The molecular weight excluding hydrogens is 118 g/mol. The quantitative estimate of drug-likeness (QED) is 0.432. The number of rotatable bonds is 1. The third kappa shape index (κ3) is 1.23. The molecule has 0 amide bonds. The van der Waals surface area contributed by atoms with Gasteiger partial charge in [0.05, 0.1) is 12.2 Å². The molecule has 54 valence electrons. The molecule has 3 N–H and O–H groups in total. The molecule has 9 heavy (non-hydrogen) atoms. The lowest BCUT2D eigenvalue weighted by molar-refractivity contribution is 0.0315. The van der Waals surface area contributed by atoms with Crippen molar-refractivity contribution in [2.75, 3.05) is 7.05 Å². The highest BCUT2D eigenvalue weighted by Crippen LogP contribution is 2.18. The van der Waals surface area contributed by atoms with Crippen molar-refractivity contribution in [2.45, 2.75) is 31.1 Å². The zero-order chi connectivity index (χ0) is 6.85. The second kappa shape index (κ2) is 2.64. The summed E-state index contributed by atoms with van der Waals surface area (Å²) in [5, 5.41) is 21.1. The zero-order valence-electron chi connectivity index (χ0n) is 5.54. The Bertz CT molecular complexity index is 97.1. The zero-order valence-corrected chi connectivity index (χ0v) is 5.54. The molecule has 0 bridgehead atoms. The average Bonchev–Trinajstić information content (AvgIpc) is 2.15. The largest absolute Gasteiger partial charge is 0.390 e. The van der Waals surface area contributed by atoms with Crippen molar-refractivity contribution in [3.05, 3.63) is 0 Å². The van der Waals surface area contributed by atoms with E-state index in [1.807, 2.05) is 0 Å². The maximum Gasteiger partial charge on any atom is 0.0951 e. The summed E-state index contributed by atoms with van der Waals surface area (Å²) < 4.78 is 0. The highest BCUT2D eigenvalue weighted by molar-refractivity contribution is 4.88. The molecule has 0 aromatic rings. The molecule has 0 unspecified atom stereocenters. The van der Waals surface area contributed by atoms with Gasteiger partial charge in [-0.2, -0.15) is 0 Å². The second-order valence-corrected chi connectivity index (χ2v) is 2.53. The summed E-state index contributed by atoms with van der Waals surface area (Å²) in [6, 6.07) is 0.0972. The summed E-state index contributed by atoms with van der Waals surface area (Å²) in [4.78, 5) is 0. The van der Waals surface area contributed by atoms with E-state index >= 15 is 0 Å². The molecule has 3 heteroatoms. The van der Waals surface area contributed by atoms with Crippen LogP contribution in [0.4, 0.5) is 0 Å². The SMILES string of the molecule is CN[C@H]1CC[C@@H](O)[C@@H]1O. The monoisotopic (exact) mass is 131 g/mol. The molecular formula is C6H13NO2. The van der Waals surface area contributed by atoms with Gasteiger partial charge < -0.3 is 15.5 Å². The molecule has 0 spiro atoms. The molecule has 1 aliphatic carbocycles. The van der Waals surface area contributed by atoms with E-state index in [-0.39, 0.29) is 6.04 Å². The molecule has 3 nitrogen and oxygen atoms in total. The topological polar surface area (TPSA) is 52.5 Å². The Hall–Kier alpha value is -0.120. The van der Waals surface area contributed by atoms with Gasteiger partial charge in [-0.15, -0.1) is 0 Å². The van der Waals surface area contributed by atoms with E-state index in [1.165, 1.54) is 0 Å². The Balaban J connectivity index is 2.41. The van der Waals surface area contributed by atoms with E-state index in [4.69, 9.17) is 10.2 Å². The van der Waals surface area contributed by atoms with Crippen LogP contribution in [0.1, 0.15) is 12.8 Å². The number of aliphatic hydroxyl groups excluding tert-OH is 2. The van der Waals surface area contributed by atoms with Gasteiger partial charge in [-0.1, -0.05) is 0 Å². The minimum absolute atomic E-state index is 0.0972. The Kier molecular flexibility index (Phi) is 2.05. The van der Waals surface area contributed by atoms with Gasteiger partial charge in [-0.25, -0.2) is 0 Å². The van der Waals surface area contributed by atoms with E-state index in [0.717, 1.165) is 6.42 Å². The van der Waals surface area contributed by atoms with Crippen molar-refractivity contribution in [1.29, 1.82) is 0 Å². The molecule has 3 atom stereocenters. The third-order valence-corrected chi connectivity index (χ3v) is 1.95. The van der Waals surface area contributed by atoms with Crippen LogP contribution in [0.2, 0.25) is 0 Å². The first-order valence-corrected chi connectivity index (χ1v) is 3.29. The van der Waals surface area contributed by atoms with E-state index in [2.05, 4.69) is 5.32 Å². The van der Waals surface area contributed by atoms with Crippen LogP contribution in [0.25, 0.3) is 0 Å². The van der Waals surface area contributed by atoms with Gasteiger partial charge in [-0.3, -0.25) is 0 Å². The number of aliphatic hydroxyl groups is 2. The molecule has 0 aliphatic heterocycles. The maximum atomic E-state index is 9.14. The van der Waals surface area contributed by atoms with Crippen molar-refractivity contribution < 1.29 is 10.2 Å². The molecule has 1 rings (SSSR count). The van der Waals surface area contributed by atoms with Gasteiger partial charge in [0.25, 0.3) is 0 Å². The summed E-state index contributed by atoms with van der Waals surface area (Å²) in [7, 11) is 1.80. The first kappa shape index (κ1) is 6.99. The van der Waals surface area contributed by atoms with E-state index in [1.54, 1.807) is 7.05 Å². The van der Waals surface area contributed by atoms with Crippen LogP contribution in [0.3, 0.4) is 0 Å². The summed E-state index contributed by atoms with van der Waals surface area (Å²) in [5.41, 5.74) is 0. The maximum absolute atomic E-state index is 9.14. The van der Waals surface area contributed by atoms with Crippen LogP contribution in [0.5, 0.6) is 0 Å². The van der Waals surface area contributed by atoms with Crippen LogP contribution in [0, 0.1) is 0 Å². The van der Waals surface area contributed by atoms with Crippen molar-refractivity contribution >= 4 is 0 Å². The van der Waals surface area contributed by atoms with Gasteiger partial charge in [0.2, 0.25) is 0 Å². The predicted octanol–water partition coefficient (Wildman–Crippen LogP) is -0.910. The van der Waals surface area contributed by atoms with Gasteiger partial charge in [0, 0.05) is 6.04 Å². The van der Waals surface area contributed by atoms with Gasteiger partial charge >= 0.3 is 0 Å². The number of nitrogens with one attached hydrogen (secondary N) is 1. The highest BCUT2D eigenvalue weighted by atomic mass is 16.3. The third-order valence-electron chi connectivity index (χ3n) is 1.95. The molecule has 0 radical (unpaired) electrons. The van der Waals surface area contributed by atoms with Crippen molar-refractivity contribution in [3.8, 4) is 0 Å². The minimum atomic E-state index is -0.560. The molecule has 0 aromatic heterocycles. The van der Waals surface area contributed by atoms with Crippen LogP contribution in [-0.4, -0.2) is 35.5 Å². The van der Waals surface area contributed by atoms with Crippen molar-refractivity contribution in [1.82, 2.24) is 5.32 Å². The molecule has 0 saturated heterocycles. The van der Waals surface area contributed by atoms with Crippen molar-refractivity contribution in [3.63, 3.8) is 0 Å². The van der Waals surface area contributed by atoms with Crippen LogP contribution in [0.15, 0.2) is 0 Å². The fourth-order valence-electron chi connectivity index (χ4n) is 1.28. The van der Waals surface area contributed by atoms with Gasteiger partial charge in [-0.05, 0) is 19.9 Å². The average molecular weight is 131 g/mol.